The molecule has 284 valence electrons. The molecule has 1 aliphatic heterocycles. The number of anilines is 3. The lowest BCUT2D eigenvalue weighted by Gasteiger charge is -2.63. The van der Waals surface area contributed by atoms with Gasteiger partial charge >= 0.3 is 0 Å². The Balaban J connectivity index is 1.02. The molecule has 4 saturated carbocycles. The predicted octanol–water partition coefficient (Wildman–Crippen LogP) is 15.3. The first kappa shape index (κ1) is 34.3. The van der Waals surface area contributed by atoms with E-state index in [9.17, 15) is 0 Å². The molecule has 1 spiro atoms. The zero-order valence-corrected chi connectivity index (χ0v) is 34.5. The van der Waals surface area contributed by atoms with Crippen molar-refractivity contribution in [3.63, 3.8) is 0 Å². The fraction of sp³-hybridized carbons (Fsp3) is 0.333. The summed E-state index contributed by atoms with van der Waals surface area (Å²) in [4.78, 5) is 5.47. The fourth-order valence-electron chi connectivity index (χ4n) is 13.1. The molecule has 13 rings (SSSR count). The summed E-state index contributed by atoms with van der Waals surface area (Å²) in [5.41, 5.74) is 14.4. The van der Waals surface area contributed by atoms with Crippen molar-refractivity contribution in [1.29, 1.82) is 0 Å². The van der Waals surface area contributed by atoms with E-state index in [4.69, 9.17) is 4.42 Å². The van der Waals surface area contributed by atoms with Gasteiger partial charge in [-0.15, -0.1) is 0 Å². The Labute approximate surface area is 341 Å². The van der Waals surface area contributed by atoms with Crippen LogP contribution in [0.25, 0.3) is 33.1 Å². The minimum Gasteiger partial charge on any atom is -0.454 e. The Kier molecular flexibility index (Phi) is 7.32. The maximum Gasteiger partial charge on any atom is 0.159 e. The van der Waals surface area contributed by atoms with E-state index in [1.807, 2.05) is 11.8 Å². The highest BCUT2D eigenvalue weighted by molar-refractivity contribution is 7.99. The summed E-state index contributed by atoms with van der Waals surface area (Å²) in [7, 11) is 0. The van der Waals surface area contributed by atoms with Crippen molar-refractivity contribution >= 4 is 50.8 Å². The normalized spacial score (nSPS) is 26.0. The van der Waals surface area contributed by atoms with E-state index in [1.165, 1.54) is 76.3 Å². The molecule has 2 nitrogen and oxygen atoms in total. The summed E-state index contributed by atoms with van der Waals surface area (Å²) >= 11 is 2.00. The van der Waals surface area contributed by atoms with Gasteiger partial charge in [0, 0.05) is 31.7 Å². The van der Waals surface area contributed by atoms with E-state index in [2.05, 4.69) is 160 Å². The topological polar surface area (TPSA) is 16.4 Å². The number of benzene rings is 6. The first-order valence-corrected chi connectivity index (χ1v) is 22.4. The lowest BCUT2D eigenvalue weighted by molar-refractivity contribution is -0.0443. The van der Waals surface area contributed by atoms with Crippen molar-refractivity contribution in [3.8, 4) is 11.1 Å². The molecular formula is C54H51NOS. The maximum atomic E-state index is 6.77. The second-order valence-corrected chi connectivity index (χ2v) is 20.7. The van der Waals surface area contributed by atoms with Gasteiger partial charge in [-0.05, 0) is 161 Å². The molecule has 0 radical (unpaired) electrons. The van der Waals surface area contributed by atoms with Crippen molar-refractivity contribution in [2.24, 2.45) is 23.7 Å². The molecule has 4 fully saturated rings. The monoisotopic (exact) mass is 761 g/mol. The van der Waals surface area contributed by atoms with E-state index in [1.54, 1.807) is 11.1 Å². The Morgan fingerprint density at radius 1 is 0.544 bits per heavy atom. The smallest absolute Gasteiger partial charge is 0.159 e. The molecule has 3 heteroatoms. The third-order valence-corrected chi connectivity index (χ3v) is 16.7. The van der Waals surface area contributed by atoms with E-state index in [-0.39, 0.29) is 16.2 Å². The molecule has 0 N–H and O–H groups in total. The van der Waals surface area contributed by atoms with Crippen LogP contribution in [-0.2, 0) is 16.2 Å². The van der Waals surface area contributed by atoms with Crippen molar-refractivity contribution in [2.75, 3.05) is 4.90 Å². The molecule has 0 saturated heterocycles. The molecule has 0 atom stereocenters. The Morgan fingerprint density at radius 2 is 1.18 bits per heavy atom. The van der Waals surface area contributed by atoms with E-state index in [0.717, 1.165) is 63.4 Å². The molecular weight excluding hydrogens is 711 g/mol. The van der Waals surface area contributed by atoms with Gasteiger partial charge in [-0.3, -0.25) is 0 Å². The van der Waals surface area contributed by atoms with Crippen LogP contribution in [0.4, 0.5) is 17.1 Å². The predicted molar refractivity (Wildman–Crippen MR) is 238 cm³/mol. The largest absolute Gasteiger partial charge is 0.454 e. The number of furan rings is 1. The van der Waals surface area contributed by atoms with E-state index in [0.29, 0.717) is 0 Å². The van der Waals surface area contributed by atoms with Gasteiger partial charge in [0.1, 0.15) is 5.58 Å². The zero-order valence-electron chi connectivity index (χ0n) is 33.6. The molecule has 0 amide bonds. The third kappa shape index (κ3) is 4.91. The molecule has 6 aliphatic rings. The molecule has 5 aliphatic carbocycles. The number of hydrogen-bond donors (Lipinski definition) is 0. The van der Waals surface area contributed by atoms with Crippen LogP contribution in [0, 0.1) is 23.7 Å². The molecule has 1 aromatic heterocycles. The highest BCUT2D eigenvalue weighted by Gasteiger charge is 2.60. The number of hydrogen-bond acceptors (Lipinski definition) is 3. The third-order valence-electron chi connectivity index (χ3n) is 15.6. The summed E-state index contributed by atoms with van der Waals surface area (Å²) < 4.78 is 6.77. The summed E-state index contributed by atoms with van der Waals surface area (Å²) in [5.74, 6) is 3.35. The molecule has 4 bridgehead atoms. The molecule has 7 aromatic rings. The quantitative estimate of drug-likeness (QED) is 0.178. The van der Waals surface area contributed by atoms with E-state index < -0.39 is 0 Å². The maximum absolute atomic E-state index is 6.77. The highest BCUT2D eigenvalue weighted by Crippen LogP contribution is 2.69. The van der Waals surface area contributed by atoms with Crippen LogP contribution < -0.4 is 4.90 Å². The SMILES string of the molecule is CC1(C)CCC(C)(C)c2c(N(c3ccc(-c4ccc5c(c4)C4(c6ccccc6S5)C5CC6CC(C5)CC4C6)cc3)c3cccc4c3oc3ccccc34)cccc21. The average Bonchev–Trinajstić information content (AvgIpc) is 3.61. The molecule has 6 aromatic carbocycles. The van der Waals surface area contributed by atoms with Gasteiger partial charge in [-0.25, -0.2) is 0 Å². The first-order chi connectivity index (χ1) is 27.7. The van der Waals surface area contributed by atoms with Crippen LogP contribution in [-0.4, -0.2) is 0 Å². The minimum atomic E-state index is 0.0229. The van der Waals surface area contributed by atoms with Gasteiger partial charge in [-0.2, -0.15) is 0 Å². The zero-order chi connectivity index (χ0) is 38.3. The summed E-state index contributed by atoms with van der Waals surface area (Å²) in [6.07, 6.45) is 9.40. The van der Waals surface area contributed by atoms with Gasteiger partial charge in [0.05, 0.1) is 11.4 Å². The van der Waals surface area contributed by atoms with Crippen LogP contribution in [0.1, 0.15) is 94.9 Å². The number of nitrogens with zero attached hydrogens (tertiary/aromatic N) is 1. The molecule has 0 unspecified atom stereocenters. The summed E-state index contributed by atoms with van der Waals surface area (Å²) in [6.45, 7) is 9.73. The second-order valence-electron chi connectivity index (χ2n) is 19.6. The molecule has 2 heterocycles. The van der Waals surface area contributed by atoms with Crippen LogP contribution >= 0.6 is 11.8 Å². The van der Waals surface area contributed by atoms with Crippen molar-refractivity contribution < 1.29 is 4.42 Å². The lowest BCUT2D eigenvalue weighted by Crippen LogP contribution is -2.57. The van der Waals surface area contributed by atoms with Gasteiger partial charge in [0.15, 0.2) is 5.58 Å². The van der Waals surface area contributed by atoms with Crippen LogP contribution in [0.15, 0.2) is 142 Å². The van der Waals surface area contributed by atoms with Crippen molar-refractivity contribution in [3.05, 3.63) is 150 Å². The number of para-hydroxylation sites is 2. The van der Waals surface area contributed by atoms with Gasteiger partial charge < -0.3 is 9.32 Å². The highest BCUT2D eigenvalue weighted by atomic mass is 32.2. The average molecular weight is 762 g/mol. The van der Waals surface area contributed by atoms with Gasteiger partial charge in [0.25, 0.3) is 0 Å². The van der Waals surface area contributed by atoms with Crippen molar-refractivity contribution in [2.45, 2.75) is 98.7 Å². The number of fused-ring (bicyclic) bond motifs is 6. The van der Waals surface area contributed by atoms with Gasteiger partial charge in [0.2, 0.25) is 0 Å². The lowest BCUT2D eigenvalue weighted by atomic mass is 9.42. The van der Waals surface area contributed by atoms with Crippen LogP contribution in [0.5, 0.6) is 0 Å². The second kappa shape index (κ2) is 12.1. The first-order valence-electron chi connectivity index (χ1n) is 21.6. The van der Waals surface area contributed by atoms with Crippen LogP contribution in [0.2, 0.25) is 0 Å². The van der Waals surface area contributed by atoms with Gasteiger partial charge in [-0.1, -0.05) is 118 Å². The Morgan fingerprint density at radius 3 is 1.98 bits per heavy atom. The van der Waals surface area contributed by atoms with Crippen molar-refractivity contribution in [1.82, 2.24) is 0 Å². The standard InChI is InChI=1S/C54H51NOS/c1-52(2)25-26-53(3,4)50-43(52)14-10-15-45(50)55(46-16-9-12-41-40-11-5-7-17-47(40)56-51(41)46)39-22-19-35(20-23-39)36-21-24-49-44(32-36)54(42-13-6-8-18-48(42)57-49)37-28-33-27-34(30-37)31-38(54)29-33/h5-24,32-34,37-38H,25-31H2,1-4H3. The van der Waals surface area contributed by atoms with Crippen LogP contribution in [0.3, 0.4) is 0 Å². The summed E-state index contributed by atoms with van der Waals surface area (Å²) in [6, 6.07) is 48.5. The molecule has 57 heavy (non-hydrogen) atoms. The minimum absolute atomic E-state index is 0.0229. The Hall–Kier alpha value is -4.73. The Bertz CT molecular complexity index is 2720. The number of rotatable bonds is 4. The fourth-order valence-corrected chi connectivity index (χ4v) is 14.3. The summed E-state index contributed by atoms with van der Waals surface area (Å²) in [5, 5.41) is 2.31. The van der Waals surface area contributed by atoms with E-state index >= 15 is 0 Å².